The van der Waals surface area contributed by atoms with E-state index < -0.39 is 0 Å². The summed E-state index contributed by atoms with van der Waals surface area (Å²) in [5.74, 6) is -0.574. The lowest BCUT2D eigenvalue weighted by molar-refractivity contribution is -0.123. The van der Waals surface area contributed by atoms with E-state index in [-0.39, 0.29) is 23.6 Å². The third-order valence-electron chi connectivity index (χ3n) is 4.05. The Labute approximate surface area is 136 Å². The fourth-order valence-electron chi connectivity index (χ4n) is 2.73. The lowest BCUT2D eigenvalue weighted by Gasteiger charge is -2.30. The number of nitrogens with one attached hydrogen (secondary N) is 1. The third kappa shape index (κ3) is 4.55. The van der Waals surface area contributed by atoms with Gasteiger partial charge in [-0.05, 0) is 37.5 Å². The molecule has 6 heteroatoms. The summed E-state index contributed by atoms with van der Waals surface area (Å²) in [6.07, 6.45) is 2.44. The highest BCUT2D eigenvalue weighted by molar-refractivity contribution is 5.97. The zero-order valence-corrected chi connectivity index (χ0v) is 13.4. The van der Waals surface area contributed by atoms with Crippen LogP contribution in [0.4, 0.5) is 5.69 Å². The van der Waals surface area contributed by atoms with Crippen molar-refractivity contribution in [2.75, 3.05) is 18.4 Å². The predicted molar refractivity (Wildman–Crippen MR) is 87.8 cm³/mol. The largest absolute Gasteiger partial charge is 0.369 e. The molecule has 0 bridgehead atoms. The standard InChI is InChI=1S/C17H23N3O3/c1-2-4-15(21)19-14-6-3-5-13(11-14)17(23)20-9-7-12(8-10-20)16(18)22/h3,5-6,11-12H,2,4,7-10H2,1H3,(H2,18,22)(H,19,21). The Bertz CT molecular complexity index is 593. The van der Waals surface area contributed by atoms with Crippen molar-refractivity contribution in [2.24, 2.45) is 11.7 Å². The number of nitrogens with zero attached hydrogens (tertiary/aromatic N) is 1. The number of carbonyl (C=O) groups is 3. The molecule has 0 unspecified atom stereocenters. The molecule has 0 atom stereocenters. The SMILES string of the molecule is CCCC(=O)Nc1cccc(C(=O)N2CCC(C(N)=O)CC2)c1. The Morgan fingerprint density at radius 1 is 1.26 bits per heavy atom. The summed E-state index contributed by atoms with van der Waals surface area (Å²) in [5, 5.41) is 2.79. The fraction of sp³-hybridized carbons (Fsp3) is 0.471. The monoisotopic (exact) mass is 317 g/mol. The second-order valence-electron chi connectivity index (χ2n) is 5.85. The maximum absolute atomic E-state index is 12.5. The second-order valence-corrected chi connectivity index (χ2v) is 5.85. The first kappa shape index (κ1) is 17.0. The molecule has 0 radical (unpaired) electrons. The van der Waals surface area contributed by atoms with Crippen molar-refractivity contribution in [3.63, 3.8) is 0 Å². The quantitative estimate of drug-likeness (QED) is 0.866. The number of hydrogen-bond donors (Lipinski definition) is 2. The Morgan fingerprint density at radius 3 is 2.57 bits per heavy atom. The van der Waals surface area contributed by atoms with Crippen molar-refractivity contribution in [2.45, 2.75) is 32.6 Å². The molecule has 1 aliphatic rings. The molecule has 1 heterocycles. The van der Waals surface area contributed by atoms with Gasteiger partial charge in [-0.1, -0.05) is 13.0 Å². The fourth-order valence-corrected chi connectivity index (χ4v) is 2.73. The van der Waals surface area contributed by atoms with Gasteiger partial charge >= 0.3 is 0 Å². The minimum atomic E-state index is -0.294. The average Bonchev–Trinajstić information content (AvgIpc) is 2.54. The van der Waals surface area contributed by atoms with Crippen LogP contribution >= 0.6 is 0 Å². The second kappa shape index (κ2) is 7.76. The third-order valence-corrected chi connectivity index (χ3v) is 4.05. The molecule has 1 aromatic rings. The van der Waals surface area contributed by atoms with Crippen LogP contribution < -0.4 is 11.1 Å². The van der Waals surface area contributed by atoms with Crippen molar-refractivity contribution < 1.29 is 14.4 Å². The Morgan fingerprint density at radius 2 is 1.96 bits per heavy atom. The van der Waals surface area contributed by atoms with Crippen molar-refractivity contribution >= 4 is 23.4 Å². The zero-order valence-electron chi connectivity index (χ0n) is 13.4. The van der Waals surface area contributed by atoms with Gasteiger partial charge in [0.05, 0.1) is 0 Å². The van der Waals surface area contributed by atoms with E-state index in [1.807, 2.05) is 6.92 Å². The van der Waals surface area contributed by atoms with Gasteiger partial charge in [0.2, 0.25) is 11.8 Å². The lowest BCUT2D eigenvalue weighted by Crippen LogP contribution is -2.41. The number of benzene rings is 1. The number of anilines is 1. The summed E-state index contributed by atoms with van der Waals surface area (Å²) in [5.41, 5.74) is 6.47. The molecule has 3 N–H and O–H groups in total. The summed E-state index contributed by atoms with van der Waals surface area (Å²) in [6.45, 7) is 2.99. The number of piperidine rings is 1. The van der Waals surface area contributed by atoms with E-state index in [0.29, 0.717) is 43.6 Å². The summed E-state index contributed by atoms with van der Waals surface area (Å²) < 4.78 is 0. The van der Waals surface area contributed by atoms with Gasteiger partial charge in [0.1, 0.15) is 0 Å². The molecule has 3 amide bonds. The Hall–Kier alpha value is -2.37. The van der Waals surface area contributed by atoms with E-state index in [1.165, 1.54) is 0 Å². The van der Waals surface area contributed by atoms with Gasteiger partial charge in [-0.25, -0.2) is 0 Å². The summed E-state index contributed by atoms with van der Waals surface area (Å²) in [4.78, 5) is 37.1. The van der Waals surface area contributed by atoms with Gasteiger partial charge in [0.25, 0.3) is 5.91 Å². The molecule has 0 aliphatic carbocycles. The van der Waals surface area contributed by atoms with Crippen LogP contribution in [-0.4, -0.2) is 35.7 Å². The number of hydrogen-bond acceptors (Lipinski definition) is 3. The number of amides is 3. The molecule has 6 nitrogen and oxygen atoms in total. The highest BCUT2D eigenvalue weighted by atomic mass is 16.2. The van der Waals surface area contributed by atoms with E-state index in [2.05, 4.69) is 5.32 Å². The van der Waals surface area contributed by atoms with Gasteiger partial charge in [-0.15, -0.1) is 0 Å². The predicted octanol–water partition coefficient (Wildman–Crippen LogP) is 1.76. The highest BCUT2D eigenvalue weighted by Crippen LogP contribution is 2.20. The van der Waals surface area contributed by atoms with E-state index in [4.69, 9.17) is 5.73 Å². The normalized spacial score (nSPS) is 15.3. The van der Waals surface area contributed by atoms with Crippen molar-refractivity contribution in [3.05, 3.63) is 29.8 Å². The Balaban J connectivity index is 2.00. The van der Waals surface area contributed by atoms with Crippen LogP contribution in [0.2, 0.25) is 0 Å². The molecule has 0 saturated carbocycles. The molecule has 1 aromatic carbocycles. The maximum atomic E-state index is 12.5. The zero-order chi connectivity index (χ0) is 16.8. The van der Waals surface area contributed by atoms with Gasteiger partial charge < -0.3 is 16.0 Å². The van der Waals surface area contributed by atoms with Gasteiger partial charge in [-0.3, -0.25) is 14.4 Å². The molecule has 1 aliphatic heterocycles. The topological polar surface area (TPSA) is 92.5 Å². The van der Waals surface area contributed by atoms with Crippen LogP contribution in [0, 0.1) is 5.92 Å². The van der Waals surface area contributed by atoms with Crippen LogP contribution in [0.15, 0.2) is 24.3 Å². The van der Waals surface area contributed by atoms with Crippen LogP contribution in [0.3, 0.4) is 0 Å². The first-order valence-electron chi connectivity index (χ1n) is 7.99. The first-order valence-corrected chi connectivity index (χ1v) is 7.99. The molecule has 2 rings (SSSR count). The number of primary amides is 1. The van der Waals surface area contributed by atoms with Crippen LogP contribution in [0.5, 0.6) is 0 Å². The van der Waals surface area contributed by atoms with E-state index in [0.717, 1.165) is 6.42 Å². The molecule has 1 fully saturated rings. The number of likely N-dealkylation sites (tertiary alicyclic amines) is 1. The summed E-state index contributed by atoms with van der Waals surface area (Å²) >= 11 is 0. The summed E-state index contributed by atoms with van der Waals surface area (Å²) in [6, 6.07) is 6.95. The lowest BCUT2D eigenvalue weighted by atomic mass is 9.96. The van der Waals surface area contributed by atoms with Gasteiger partial charge in [0, 0.05) is 36.7 Å². The minimum absolute atomic E-state index is 0.0561. The van der Waals surface area contributed by atoms with Gasteiger partial charge in [0.15, 0.2) is 0 Å². The van der Waals surface area contributed by atoms with Crippen LogP contribution in [0.25, 0.3) is 0 Å². The molecule has 0 spiro atoms. The minimum Gasteiger partial charge on any atom is -0.369 e. The molecular formula is C17H23N3O3. The van der Waals surface area contributed by atoms with Crippen LogP contribution in [-0.2, 0) is 9.59 Å². The average molecular weight is 317 g/mol. The molecular weight excluding hydrogens is 294 g/mol. The first-order chi connectivity index (χ1) is 11.0. The molecule has 1 saturated heterocycles. The molecule has 23 heavy (non-hydrogen) atoms. The smallest absolute Gasteiger partial charge is 0.253 e. The number of carbonyl (C=O) groups excluding carboxylic acids is 3. The van der Waals surface area contributed by atoms with E-state index >= 15 is 0 Å². The maximum Gasteiger partial charge on any atom is 0.253 e. The Kier molecular flexibility index (Phi) is 5.73. The van der Waals surface area contributed by atoms with E-state index in [1.54, 1.807) is 29.2 Å². The van der Waals surface area contributed by atoms with Gasteiger partial charge in [-0.2, -0.15) is 0 Å². The summed E-state index contributed by atoms with van der Waals surface area (Å²) in [7, 11) is 0. The molecule has 0 aromatic heterocycles. The van der Waals surface area contributed by atoms with Crippen LogP contribution in [0.1, 0.15) is 43.0 Å². The number of rotatable bonds is 5. The highest BCUT2D eigenvalue weighted by Gasteiger charge is 2.26. The van der Waals surface area contributed by atoms with E-state index in [9.17, 15) is 14.4 Å². The molecule has 124 valence electrons. The van der Waals surface area contributed by atoms with Crippen molar-refractivity contribution in [1.29, 1.82) is 0 Å². The van der Waals surface area contributed by atoms with Crippen molar-refractivity contribution in [1.82, 2.24) is 4.90 Å². The van der Waals surface area contributed by atoms with Crippen molar-refractivity contribution in [3.8, 4) is 0 Å². The number of nitrogens with two attached hydrogens (primary N) is 1.